The van der Waals surface area contributed by atoms with Gasteiger partial charge in [-0.15, -0.1) is 0 Å². The molecule has 1 heterocycles. The number of anilines is 1. The zero-order valence-electron chi connectivity index (χ0n) is 11.1. The van der Waals surface area contributed by atoms with Crippen LogP contribution in [0.15, 0.2) is 18.2 Å². The molecular weight excluding hydrogens is 245 g/mol. The molecule has 1 fully saturated rings. The largest absolute Gasteiger partial charge is 0.326 e. The second kappa shape index (κ2) is 6.63. The van der Waals surface area contributed by atoms with Crippen molar-refractivity contribution < 1.29 is 9.18 Å². The number of amides is 1. The van der Waals surface area contributed by atoms with Gasteiger partial charge in [0.15, 0.2) is 0 Å². The van der Waals surface area contributed by atoms with E-state index in [1.807, 2.05) is 0 Å². The summed E-state index contributed by atoms with van der Waals surface area (Å²) < 4.78 is 13.2. The van der Waals surface area contributed by atoms with E-state index in [0.29, 0.717) is 18.3 Å². The van der Waals surface area contributed by atoms with Gasteiger partial charge in [-0.3, -0.25) is 4.79 Å². The first-order valence-electron chi connectivity index (χ1n) is 6.65. The average Bonchev–Trinajstić information content (AvgIpc) is 2.38. The summed E-state index contributed by atoms with van der Waals surface area (Å²) in [4.78, 5) is 11.1. The van der Waals surface area contributed by atoms with Crippen molar-refractivity contribution in [1.29, 1.82) is 0 Å². The molecule has 0 saturated carbocycles. The molecule has 0 bridgehead atoms. The summed E-state index contributed by atoms with van der Waals surface area (Å²) >= 11 is 0. The van der Waals surface area contributed by atoms with Crippen molar-refractivity contribution in [3.05, 3.63) is 29.6 Å². The predicted octanol–water partition coefficient (Wildman–Crippen LogP) is 1.63. The van der Waals surface area contributed by atoms with Gasteiger partial charge in [-0.1, -0.05) is 6.07 Å². The highest BCUT2D eigenvalue weighted by Gasteiger charge is 2.13. The van der Waals surface area contributed by atoms with Crippen molar-refractivity contribution in [2.45, 2.75) is 32.4 Å². The highest BCUT2D eigenvalue weighted by atomic mass is 19.1. The van der Waals surface area contributed by atoms with Crippen molar-refractivity contribution in [2.24, 2.45) is 0 Å². The molecule has 0 aromatic heterocycles. The van der Waals surface area contributed by atoms with Crippen molar-refractivity contribution in [3.63, 3.8) is 0 Å². The number of carbonyl (C=O) groups excluding carboxylic acids is 1. The second-order valence-electron chi connectivity index (χ2n) is 4.89. The Labute approximate surface area is 112 Å². The van der Waals surface area contributed by atoms with Crippen LogP contribution in [0, 0.1) is 5.82 Å². The average molecular weight is 265 g/mol. The van der Waals surface area contributed by atoms with Crippen LogP contribution in [-0.4, -0.2) is 25.0 Å². The van der Waals surface area contributed by atoms with Crippen molar-refractivity contribution in [2.75, 3.05) is 18.4 Å². The Morgan fingerprint density at radius 3 is 2.84 bits per heavy atom. The lowest BCUT2D eigenvalue weighted by atomic mass is 10.1. The van der Waals surface area contributed by atoms with E-state index in [-0.39, 0.29) is 11.7 Å². The van der Waals surface area contributed by atoms with E-state index in [4.69, 9.17) is 0 Å². The normalized spacial score (nSPS) is 16.3. The fraction of sp³-hybridized carbons (Fsp3) is 0.500. The summed E-state index contributed by atoms with van der Waals surface area (Å²) in [5.74, 6) is -0.525. The van der Waals surface area contributed by atoms with Crippen LogP contribution in [0.3, 0.4) is 0 Å². The van der Waals surface area contributed by atoms with Gasteiger partial charge in [0.05, 0.1) is 0 Å². The highest BCUT2D eigenvalue weighted by molar-refractivity contribution is 5.89. The lowest BCUT2D eigenvalue weighted by Gasteiger charge is -2.24. The first-order chi connectivity index (χ1) is 9.15. The minimum Gasteiger partial charge on any atom is -0.326 e. The quantitative estimate of drug-likeness (QED) is 0.775. The van der Waals surface area contributed by atoms with Gasteiger partial charge in [0.1, 0.15) is 5.82 Å². The van der Waals surface area contributed by atoms with Crippen LogP contribution < -0.4 is 16.0 Å². The summed E-state index contributed by atoms with van der Waals surface area (Å²) in [6.07, 6.45) is 2.19. The number of halogens is 1. The number of nitrogens with one attached hydrogen (secondary N) is 3. The van der Waals surface area contributed by atoms with Crippen molar-refractivity contribution >= 4 is 11.6 Å². The predicted molar refractivity (Wildman–Crippen MR) is 73.4 cm³/mol. The topological polar surface area (TPSA) is 53.2 Å². The lowest BCUT2D eigenvalue weighted by molar-refractivity contribution is -0.114. The van der Waals surface area contributed by atoms with Gasteiger partial charge in [-0.25, -0.2) is 4.39 Å². The molecule has 1 amide bonds. The van der Waals surface area contributed by atoms with Crippen LogP contribution in [0.5, 0.6) is 0 Å². The second-order valence-corrected chi connectivity index (χ2v) is 4.89. The maximum absolute atomic E-state index is 13.2. The molecule has 1 aromatic carbocycles. The third-order valence-corrected chi connectivity index (χ3v) is 3.30. The molecule has 3 N–H and O–H groups in total. The van der Waals surface area contributed by atoms with E-state index in [2.05, 4.69) is 16.0 Å². The van der Waals surface area contributed by atoms with E-state index in [1.54, 1.807) is 6.07 Å². The number of hydrogen-bond acceptors (Lipinski definition) is 3. The van der Waals surface area contributed by atoms with Crippen LogP contribution in [0.1, 0.15) is 25.3 Å². The zero-order chi connectivity index (χ0) is 13.7. The summed E-state index contributed by atoms with van der Waals surface area (Å²) in [6, 6.07) is 4.98. The van der Waals surface area contributed by atoms with E-state index in [1.165, 1.54) is 19.1 Å². The van der Waals surface area contributed by atoms with Gasteiger partial charge in [0, 0.05) is 25.2 Å². The van der Waals surface area contributed by atoms with Crippen LogP contribution >= 0.6 is 0 Å². The van der Waals surface area contributed by atoms with Gasteiger partial charge in [-0.2, -0.15) is 0 Å². The molecule has 0 radical (unpaired) electrons. The number of piperidine rings is 1. The summed E-state index contributed by atoms with van der Waals surface area (Å²) in [5, 5.41) is 9.44. The van der Waals surface area contributed by atoms with Crippen molar-refractivity contribution in [3.8, 4) is 0 Å². The number of carbonyl (C=O) groups is 1. The molecule has 1 aliphatic rings. The van der Waals surface area contributed by atoms with Crippen LogP contribution in [-0.2, 0) is 11.3 Å². The first kappa shape index (κ1) is 14.0. The van der Waals surface area contributed by atoms with Gasteiger partial charge in [0.2, 0.25) is 5.91 Å². The Balaban J connectivity index is 1.99. The Hall–Kier alpha value is -1.46. The SMILES string of the molecule is CC(=O)Nc1cc(F)ccc1CNC1CCNCC1. The minimum absolute atomic E-state index is 0.186. The molecule has 1 aromatic rings. The van der Waals surface area contributed by atoms with Crippen molar-refractivity contribution in [1.82, 2.24) is 10.6 Å². The fourth-order valence-electron chi connectivity index (χ4n) is 2.29. The molecule has 104 valence electrons. The number of benzene rings is 1. The molecule has 19 heavy (non-hydrogen) atoms. The molecule has 2 rings (SSSR count). The first-order valence-corrected chi connectivity index (χ1v) is 6.65. The third kappa shape index (κ3) is 4.29. The molecule has 0 aliphatic carbocycles. The summed E-state index contributed by atoms with van der Waals surface area (Å²) in [6.45, 7) is 4.12. The van der Waals surface area contributed by atoms with E-state index < -0.39 is 0 Å². The van der Waals surface area contributed by atoms with Crippen LogP contribution in [0.25, 0.3) is 0 Å². The Morgan fingerprint density at radius 1 is 1.42 bits per heavy atom. The monoisotopic (exact) mass is 265 g/mol. The molecule has 5 heteroatoms. The lowest BCUT2D eigenvalue weighted by Crippen LogP contribution is -2.39. The standard InChI is InChI=1S/C14H20FN3O/c1-10(19)18-14-8-12(15)3-2-11(14)9-17-13-4-6-16-7-5-13/h2-3,8,13,16-17H,4-7,9H2,1H3,(H,18,19). The molecule has 0 atom stereocenters. The van der Waals surface area contributed by atoms with Crippen LogP contribution in [0.4, 0.5) is 10.1 Å². The zero-order valence-corrected chi connectivity index (χ0v) is 11.1. The molecular formula is C14H20FN3O. The maximum atomic E-state index is 13.2. The molecule has 1 saturated heterocycles. The van der Waals surface area contributed by atoms with Gasteiger partial charge < -0.3 is 16.0 Å². The Bertz CT molecular complexity index is 444. The van der Waals surface area contributed by atoms with Crippen LogP contribution in [0.2, 0.25) is 0 Å². The maximum Gasteiger partial charge on any atom is 0.221 e. The number of hydrogen-bond donors (Lipinski definition) is 3. The smallest absolute Gasteiger partial charge is 0.221 e. The minimum atomic E-state index is -0.339. The van der Waals surface area contributed by atoms with Gasteiger partial charge >= 0.3 is 0 Å². The highest BCUT2D eigenvalue weighted by Crippen LogP contribution is 2.18. The Morgan fingerprint density at radius 2 is 2.16 bits per heavy atom. The van der Waals surface area contributed by atoms with E-state index in [9.17, 15) is 9.18 Å². The number of rotatable bonds is 4. The van der Waals surface area contributed by atoms with Gasteiger partial charge in [-0.05, 0) is 43.6 Å². The molecule has 4 nitrogen and oxygen atoms in total. The fourth-order valence-corrected chi connectivity index (χ4v) is 2.29. The third-order valence-electron chi connectivity index (χ3n) is 3.30. The molecule has 0 unspecified atom stereocenters. The Kier molecular flexibility index (Phi) is 4.87. The summed E-state index contributed by atoms with van der Waals surface area (Å²) in [5.41, 5.74) is 1.46. The molecule has 1 aliphatic heterocycles. The van der Waals surface area contributed by atoms with E-state index >= 15 is 0 Å². The van der Waals surface area contributed by atoms with Gasteiger partial charge in [0.25, 0.3) is 0 Å². The summed E-state index contributed by atoms with van der Waals surface area (Å²) in [7, 11) is 0. The van der Waals surface area contributed by atoms with E-state index in [0.717, 1.165) is 31.5 Å². The molecule has 0 spiro atoms.